The second kappa shape index (κ2) is 9.49. The summed E-state index contributed by atoms with van der Waals surface area (Å²) in [4.78, 5) is 28.7. The largest absolute Gasteiger partial charge is 0.351 e. The van der Waals surface area contributed by atoms with E-state index in [1.54, 1.807) is 23.1 Å². The van der Waals surface area contributed by atoms with E-state index in [4.69, 9.17) is 11.6 Å². The van der Waals surface area contributed by atoms with Crippen LogP contribution in [0.15, 0.2) is 46.9 Å². The highest BCUT2D eigenvalue weighted by molar-refractivity contribution is 9.10. The fourth-order valence-corrected chi connectivity index (χ4v) is 3.60. The Hall–Kier alpha value is -1.96. The van der Waals surface area contributed by atoms with Crippen LogP contribution in [-0.4, -0.2) is 60.9 Å². The highest BCUT2D eigenvalue weighted by Gasteiger charge is 2.23. The van der Waals surface area contributed by atoms with Crippen molar-refractivity contribution in [2.75, 3.05) is 39.3 Å². The number of halogens is 3. The van der Waals surface area contributed by atoms with Crippen molar-refractivity contribution in [3.05, 3.63) is 68.9 Å². The molecule has 2 amide bonds. The van der Waals surface area contributed by atoms with E-state index in [1.165, 1.54) is 24.3 Å². The van der Waals surface area contributed by atoms with E-state index in [0.29, 0.717) is 42.3 Å². The van der Waals surface area contributed by atoms with Crippen molar-refractivity contribution in [1.82, 2.24) is 15.1 Å². The number of hydrogen-bond acceptors (Lipinski definition) is 3. The lowest BCUT2D eigenvalue weighted by Gasteiger charge is -2.35. The van der Waals surface area contributed by atoms with Gasteiger partial charge in [0.05, 0.1) is 10.6 Å². The van der Waals surface area contributed by atoms with Gasteiger partial charge in [0.25, 0.3) is 11.8 Å². The van der Waals surface area contributed by atoms with Gasteiger partial charge in [0.15, 0.2) is 0 Å². The van der Waals surface area contributed by atoms with E-state index in [2.05, 4.69) is 26.1 Å². The lowest BCUT2D eigenvalue weighted by molar-refractivity contribution is 0.0638. The van der Waals surface area contributed by atoms with Gasteiger partial charge < -0.3 is 10.2 Å². The van der Waals surface area contributed by atoms with Gasteiger partial charge in [-0.2, -0.15) is 0 Å². The van der Waals surface area contributed by atoms with Crippen LogP contribution in [0.3, 0.4) is 0 Å². The molecular formula is C20H20BrClFN3O2. The lowest BCUT2D eigenvalue weighted by Crippen LogP contribution is -2.50. The molecule has 0 saturated carbocycles. The van der Waals surface area contributed by atoms with Crippen LogP contribution in [0.4, 0.5) is 4.39 Å². The predicted octanol–water partition coefficient (Wildman–Crippen LogP) is 3.43. The van der Waals surface area contributed by atoms with Crippen LogP contribution in [0.5, 0.6) is 0 Å². The third-order valence-electron chi connectivity index (χ3n) is 4.64. The minimum Gasteiger partial charge on any atom is -0.351 e. The van der Waals surface area contributed by atoms with Crippen molar-refractivity contribution >= 4 is 39.3 Å². The highest BCUT2D eigenvalue weighted by Crippen LogP contribution is 2.23. The molecule has 0 aliphatic carbocycles. The van der Waals surface area contributed by atoms with Gasteiger partial charge in [0, 0.05) is 49.3 Å². The van der Waals surface area contributed by atoms with Crippen LogP contribution < -0.4 is 5.32 Å². The normalized spacial score (nSPS) is 14.8. The average Bonchev–Trinajstić information content (AvgIpc) is 2.70. The third-order valence-corrected chi connectivity index (χ3v) is 5.46. The molecule has 8 heteroatoms. The number of carbonyl (C=O) groups is 2. The molecule has 5 nitrogen and oxygen atoms in total. The van der Waals surface area contributed by atoms with E-state index in [1.807, 2.05) is 0 Å². The molecule has 0 aromatic heterocycles. The Kier molecular flexibility index (Phi) is 7.04. The maximum Gasteiger partial charge on any atom is 0.255 e. The van der Waals surface area contributed by atoms with Crippen molar-refractivity contribution in [3.63, 3.8) is 0 Å². The van der Waals surface area contributed by atoms with Gasteiger partial charge >= 0.3 is 0 Å². The minimum atomic E-state index is -0.367. The predicted molar refractivity (Wildman–Crippen MR) is 110 cm³/mol. The Labute approximate surface area is 176 Å². The van der Waals surface area contributed by atoms with E-state index >= 15 is 0 Å². The number of amides is 2. The van der Waals surface area contributed by atoms with E-state index in [-0.39, 0.29) is 17.6 Å². The average molecular weight is 469 g/mol. The Morgan fingerprint density at radius 3 is 2.43 bits per heavy atom. The molecule has 0 unspecified atom stereocenters. The first-order valence-electron chi connectivity index (χ1n) is 8.94. The van der Waals surface area contributed by atoms with Gasteiger partial charge in [0.1, 0.15) is 5.82 Å². The number of rotatable bonds is 5. The van der Waals surface area contributed by atoms with Gasteiger partial charge in [-0.15, -0.1) is 0 Å². The molecule has 1 aliphatic rings. The molecule has 0 atom stereocenters. The molecule has 1 N–H and O–H groups in total. The first-order valence-corrected chi connectivity index (χ1v) is 10.1. The first-order chi connectivity index (χ1) is 13.4. The number of carbonyl (C=O) groups excluding carboxylic acids is 2. The van der Waals surface area contributed by atoms with E-state index in [0.717, 1.165) is 17.6 Å². The van der Waals surface area contributed by atoms with Crippen LogP contribution in [-0.2, 0) is 0 Å². The molecule has 2 aromatic rings. The zero-order valence-electron chi connectivity index (χ0n) is 15.1. The third kappa shape index (κ3) is 5.31. The Morgan fingerprint density at radius 2 is 1.75 bits per heavy atom. The minimum absolute atomic E-state index is 0.0736. The molecule has 2 aromatic carbocycles. The van der Waals surface area contributed by atoms with E-state index < -0.39 is 0 Å². The monoisotopic (exact) mass is 467 g/mol. The summed E-state index contributed by atoms with van der Waals surface area (Å²) in [6, 6.07) is 10.7. The van der Waals surface area contributed by atoms with Crippen molar-refractivity contribution in [2.24, 2.45) is 0 Å². The van der Waals surface area contributed by atoms with Crippen molar-refractivity contribution in [2.45, 2.75) is 0 Å². The van der Waals surface area contributed by atoms with Crippen LogP contribution in [0.2, 0.25) is 5.02 Å². The number of hydrogen-bond donors (Lipinski definition) is 1. The summed E-state index contributed by atoms with van der Waals surface area (Å²) in [5.41, 5.74) is 0.929. The Balaban J connectivity index is 1.44. The summed E-state index contributed by atoms with van der Waals surface area (Å²) in [5.74, 6) is -0.665. The number of benzene rings is 2. The zero-order valence-corrected chi connectivity index (χ0v) is 17.5. The number of piperazine rings is 1. The number of nitrogens with zero attached hydrogens (tertiary/aromatic N) is 2. The summed E-state index contributed by atoms with van der Waals surface area (Å²) in [7, 11) is 0. The quantitative estimate of drug-likeness (QED) is 0.731. The summed E-state index contributed by atoms with van der Waals surface area (Å²) in [5, 5.41) is 3.28. The zero-order chi connectivity index (χ0) is 20.1. The summed E-state index contributed by atoms with van der Waals surface area (Å²) in [6.45, 7) is 3.84. The fourth-order valence-electron chi connectivity index (χ4n) is 3.04. The summed E-state index contributed by atoms with van der Waals surface area (Å²) >= 11 is 9.52. The van der Waals surface area contributed by atoms with Gasteiger partial charge in [0.2, 0.25) is 0 Å². The molecule has 0 radical (unpaired) electrons. The summed E-state index contributed by atoms with van der Waals surface area (Å²) in [6.07, 6.45) is 0. The fraction of sp³-hybridized carbons (Fsp3) is 0.300. The molecular weight excluding hydrogens is 449 g/mol. The maximum absolute atomic E-state index is 12.9. The second-order valence-electron chi connectivity index (χ2n) is 6.52. The molecule has 1 fully saturated rings. The topological polar surface area (TPSA) is 52.7 Å². The van der Waals surface area contributed by atoms with E-state index in [9.17, 15) is 14.0 Å². The standard InChI is InChI=1S/C20H20BrClFN3O2/c21-15-3-6-18(22)17(13-15)20(28)26-11-9-25(10-12-26)8-7-24-19(27)14-1-4-16(23)5-2-14/h1-6,13H,7-12H2,(H,24,27). The lowest BCUT2D eigenvalue weighted by atomic mass is 10.2. The van der Waals surface area contributed by atoms with Crippen LogP contribution in [0, 0.1) is 5.82 Å². The Morgan fingerprint density at radius 1 is 1.07 bits per heavy atom. The van der Waals surface area contributed by atoms with Gasteiger partial charge in [-0.05, 0) is 42.5 Å². The summed E-state index contributed by atoms with van der Waals surface area (Å²) < 4.78 is 13.7. The van der Waals surface area contributed by atoms with Crippen molar-refractivity contribution in [1.29, 1.82) is 0 Å². The van der Waals surface area contributed by atoms with Crippen molar-refractivity contribution < 1.29 is 14.0 Å². The highest BCUT2D eigenvalue weighted by atomic mass is 79.9. The molecule has 1 aliphatic heterocycles. The van der Waals surface area contributed by atoms with Crippen molar-refractivity contribution in [3.8, 4) is 0 Å². The molecule has 1 heterocycles. The van der Waals surface area contributed by atoms with Crippen LogP contribution in [0.1, 0.15) is 20.7 Å². The SMILES string of the molecule is O=C(NCCN1CCN(C(=O)c2cc(Br)ccc2Cl)CC1)c1ccc(F)cc1. The molecule has 148 valence electrons. The molecule has 3 rings (SSSR count). The first kappa shape index (κ1) is 20.8. The molecule has 0 spiro atoms. The van der Waals surface area contributed by atoms with Gasteiger partial charge in [-0.1, -0.05) is 27.5 Å². The maximum atomic E-state index is 12.9. The molecule has 0 bridgehead atoms. The van der Waals surface area contributed by atoms with Gasteiger partial charge in [-0.25, -0.2) is 4.39 Å². The van der Waals surface area contributed by atoms with Gasteiger partial charge in [-0.3, -0.25) is 14.5 Å². The smallest absolute Gasteiger partial charge is 0.255 e. The van der Waals surface area contributed by atoms with Crippen LogP contribution >= 0.6 is 27.5 Å². The number of nitrogens with one attached hydrogen (secondary N) is 1. The Bertz CT molecular complexity index is 855. The van der Waals surface area contributed by atoms with Crippen LogP contribution in [0.25, 0.3) is 0 Å². The molecule has 28 heavy (non-hydrogen) atoms. The molecule has 1 saturated heterocycles. The second-order valence-corrected chi connectivity index (χ2v) is 7.84.